The predicted molar refractivity (Wildman–Crippen MR) is 120 cm³/mol. The number of aliphatic hydroxyl groups excluding tert-OH is 1. The monoisotopic (exact) mass is 496 g/mol. The molecule has 0 atom stereocenters. The first-order valence-electron chi connectivity index (χ1n) is 10.7. The van der Waals surface area contributed by atoms with Crippen molar-refractivity contribution in [2.45, 2.75) is 32.0 Å². The van der Waals surface area contributed by atoms with Gasteiger partial charge in [-0.1, -0.05) is 6.07 Å². The summed E-state index contributed by atoms with van der Waals surface area (Å²) in [5.74, 6) is -0.799. The van der Waals surface area contributed by atoms with Gasteiger partial charge in [0, 0.05) is 25.3 Å². The molecule has 3 aromatic rings. The lowest BCUT2D eigenvalue weighted by Gasteiger charge is -2.28. The first-order valence-corrected chi connectivity index (χ1v) is 12.3. The van der Waals surface area contributed by atoms with Crippen LogP contribution in [-0.4, -0.2) is 47.9 Å². The van der Waals surface area contributed by atoms with E-state index in [0.717, 1.165) is 24.6 Å². The van der Waals surface area contributed by atoms with Gasteiger partial charge in [-0.3, -0.25) is 9.10 Å². The summed E-state index contributed by atoms with van der Waals surface area (Å²) in [5, 5.41) is 9.27. The summed E-state index contributed by atoms with van der Waals surface area (Å²) in [6.45, 7) is 0.529. The van der Waals surface area contributed by atoms with E-state index in [4.69, 9.17) is 0 Å². The Morgan fingerprint density at radius 1 is 1.15 bits per heavy atom. The van der Waals surface area contributed by atoms with E-state index in [-0.39, 0.29) is 30.1 Å². The number of alkyl halides is 3. The van der Waals surface area contributed by atoms with Crippen molar-refractivity contribution in [3.8, 4) is 0 Å². The number of anilines is 1. The van der Waals surface area contributed by atoms with Gasteiger partial charge in [0.25, 0.3) is 5.91 Å². The molecule has 1 aliphatic heterocycles. The fourth-order valence-corrected chi connectivity index (χ4v) is 5.56. The Morgan fingerprint density at radius 2 is 1.94 bits per heavy atom. The van der Waals surface area contributed by atoms with Crippen molar-refractivity contribution in [3.63, 3.8) is 0 Å². The van der Waals surface area contributed by atoms with Crippen LogP contribution in [0.5, 0.6) is 0 Å². The third-order valence-corrected chi connectivity index (χ3v) is 7.46. The molecule has 0 saturated carbocycles. The number of carbonyl (C=O) groups is 1. The maximum absolute atomic E-state index is 13.0. The lowest BCUT2D eigenvalue weighted by Crippen LogP contribution is -2.37. The van der Waals surface area contributed by atoms with Crippen molar-refractivity contribution >= 4 is 32.7 Å². The first-order chi connectivity index (χ1) is 16.1. The van der Waals surface area contributed by atoms with Gasteiger partial charge in [-0.15, -0.1) is 0 Å². The van der Waals surface area contributed by atoms with Crippen LogP contribution in [-0.2, 0) is 22.7 Å². The molecule has 8 nitrogen and oxygen atoms in total. The Kier molecular flexibility index (Phi) is 6.54. The number of benzene rings is 2. The minimum Gasteiger partial charge on any atom is -0.396 e. The molecule has 0 aliphatic carbocycles. The molecule has 1 fully saturated rings. The fourth-order valence-electron chi connectivity index (χ4n) is 3.93. The molecule has 4 rings (SSSR count). The number of rotatable bonds is 5. The van der Waals surface area contributed by atoms with E-state index in [1.54, 1.807) is 22.8 Å². The van der Waals surface area contributed by atoms with Gasteiger partial charge in [0.05, 0.1) is 28.0 Å². The molecule has 1 amide bonds. The molecule has 12 heteroatoms. The molecule has 0 unspecified atom stereocenters. The van der Waals surface area contributed by atoms with Crippen LogP contribution < -0.4 is 9.92 Å². The number of nitrogens with one attached hydrogen (secondary N) is 1. The maximum Gasteiger partial charge on any atom is 0.416 e. The van der Waals surface area contributed by atoms with Crippen LogP contribution in [0, 0.1) is 0 Å². The molecule has 1 aliphatic rings. The third-order valence-electron chi connectivity index (χ3n) is 5.59. The zero-order valence-electron chi connectivity index (χ0n) is 18.0. The van der Waals surface area contributed by atoms with Crippen molar-refractivity contribution in [1.82, 2.24) is 9.55 Å². The molecule has 182 valence electrons. The van der Waals surface area contributed by atoms with Crippen LogP contribution >= 0.6 is 0 Å². The van der Waals surface area contributed by atoms with Gasteiger partial charge in [-0.25, -0.2) is 8.42 Å². The molecular weight excluding hydrogens is 473 g/mol. The summed E-state index contributed by atoms with van der Waals surface area (Å²) in [6, 6.07) is 9.00. The number of amides is 1. The first kappa shape index (κ1) is 24.0. The number of hydrogen-bond donors (Lipinski definition) is 2. The lowest BCUT2D eigenvalue weighted by atomic mass is 10.1. The number of aromatic nitrogens is 2. The topological polar surface area (TPSA) is 108 Å². The van der Waals surface area contributed by atoms with Crippen molar-refractivity contribution in [2.75, 3.05) is 23.2 Å². The summed E-state index contributed by atoms with van der Waals surface area (Å²) < 4.78 is 67.0. The van der Waals surface area contributed by atoms with Crippen molar-refractivity contribution in [3.05, 3.63) is 59.2 Å². The number of hydrogen-bond acceptors (Lipinski definition) is 4. The lowest BCUT2D eigenvalue weighted by molar-refractivity contribution is -0.137. The maximum atomic E-state index is 13.0. The van der Waals surface area contributed by atoms with E-state index in [1.165, 1.54) is 10.4 Å². The minimum absolute atomic E-state index is 0.0678. The molecular formula is C22H23F3N4O4S. The summed E-state index contributed by atoms with van der Waals surface area (Å²) >= 11 is 0. The largest absolute Gasteiger partial charge is 0.416 e. The number of aromatic amines is 1. The SMILES string of the molecule is O=C(/N=c1\[nH]c2cc(N3CCCCS3(=O)=O)ccc2n1CCCO)c1cccc(C(F)(F)F)c1. The Balaban J connectivity index is 1.78. The second kappa shape index (κ2) is 9.26. The highest BCUT2D eigenvalue weighted by Gasteiger charge is 2.31. The Hall–Kier alpha value is -3.12. The van der Waals surface area contributed by atoms with E-state index in [2.05, 4.69) is 9.98 Å². The van der Waals surface area contributed by atoms with Crippen LogP contribution in [0.15, 0.2) is 47.5 Å². The second-order valence-corrected chi connectivity index (χ2v) is 9.98. The molecule has 1 saturated heterocycles. The summed E-state index contributed by atoms with van der Waals surface area (Å²) in [6.07, 6.45) is -2.90. The number of aliphatic hydroxyl groups is 1. The smallest absolute Gasteiger partial charge is 0.396 e. The number of carbonyl (C=O) groups excluding carboxylic acids is 1. The van der Waals surface area contributed by atoms with Gasteiger partial charge in [-0.05, 0) is 55.7 Å². The molecule has 2 aromatic carbocycles. The fraction of sp³-hybridized carbons (Fsp3) is 0.364. The zero-order valence-corrected chi connectivity index (χ0v) is 18.9. The average molecular weight is 497 g/mol. The number of nitrogens with zero attached hydrogens (tertiary/aromatic N) is 3. The van der Waals surface area contributed by atoms with Crippen LogP contribution in [0.25, 0.3) is 11.0 Å². The molecule has 1 aromatic heterocycles. The van der Waals surface area contributed by atoms with E-state index >= 15 is 0 Å². The molecule has 2 N–H and O–H groups in total. The Bertz CT molecular complexity index is 1390. The summed E-state index contributed by atoms with van der Waals surface area (Å²) in [5.41, 5.74) is 0.505. The van der Waals surface area contributed by atoms with E-state index in [1.807, 2.05) is 0 Å². The van der Waals surface area contributed by atoms with E-state index in [0.29, 0.717) is 36.1 Å². The van der Waals surface area contributed by atoms with Crippen molar-refractivity contribution < 1.29 is 31.5 Å². The van der Waals surface area contributed by atoms with Gasteiger partial charge in [0.1, 0.15) is 0 Å². The Morgan fingerprint density at radius 3 is 2.65 bits per heavy atom. The number of halogens is 3. The molecule has 2 heterocycles. The van der Waals surface area contributed by atoms with Crippen LogP contribution in [0.3, 0.4) is 0 Å². The third kappa shape index (κ3) is 4.87. The van der Waals surface area contributed by atoms with Gasteiger partial charge in [0.15, 0.2) is 0 Å². The highest BCUT2D eigenvalue weighted by atomic mass is 32.2. The highest BCUT2D eigenvalue weighted by Crippen LogP contribution is 2.30. The number of fused-ring (bicyclic) bond motifs is 1. The predicted octanol–water partition coefficient (Wildman–Crippen LogP) is 3.04. The molecule has 0 bridgehead atoms. The van der Waals surface area contributed by atoms with E-state index < -0.39 is 27.7 Å². The Labute approximate surface area is 193 Å². The highest BCUT2D eigenvalue weighted by molar-refractivity contribution is 7.92. The summed E-state index contributed by atoms with van der Waals surface area (Å²) in [7, 11) is -3.42. The number of aryl methyl sites for hydroxylation is 1. The van der Waals surface area contributed by atoms with Crippen LogP contribution in [0.2, 0.25) is 0 Å². The minimum atomic E-state index is -4.59. The zero-order chi connectivity index (χ0) is 24.5. The van der Waals surface area contributed by atoms with Gasteiger partial charge < -0.3 is 14.7 Å². The van der Waals surface area contributed by atoms with Gasteiger partial charge in [-0.2, -0.15) is 18.2 Å². The normalized spacial score (nSPS) is 16.8. The van der Waals surface area contributed by atoms with Gasteiger partial charge >= 0.3 is 6.18 Å². The van der Waals surface area contributed by atoms with Gasteiger partial charge in [0.2, 0.25) is 15.6 Å². The van der Waals surface area contributed by atoms with E-state index in [9.17, 15) is 31.5 Å². The van der Waals surface area contributed by atoms with Crippen molar-refractivity contribution in [2.24, 2.45) is 4.99 Å². The molecule has 0 radical (unpaired) electrons. The standard InChI is InChI=1S/C22H23F3N4O4S/c23-22(24,25)16-6-3-5-15(13-16)20(31)27-21-26-18-14-17(29-10-1-2-12-34(29,32)33)7-8-19(18)28(21)9-4-11-30/h3,5-8,13-14,30H,1-2,4,9-12H2,(H,26,27,31). The number of H-pyrrole nitrogens is 1. The molecule has 34 heavy (non-hydrogen) atoms. The number of sulfonamides is 1. The van der Waals surface area contributed by atoms with Crippen LogP contribution in [0.4, 0.5) is 18.9 Å². The van der Waals surface area contributed by atoms with Crippen LogP contribution in [0.1, 0.15) is 35.2 Å². The second-order valence-electron chi connectivity index (χ2n) is 7.97. The summed E-state index contributed by atoms with van der Waals surface area (Å²) in [4.78, 5) is 19.7. The number of imidazole rings is 1. The van der Waals surface area contributed by atoms with Crippen molar-refractivity contribution in [1.29, 1.82) is 0 Å². The quantitative estimate of drug-likeness (QED) is 0.566. The molecule has 0 spiro atoms. The average Bonchev–Trinajstić information content (AvgIpc) is 3.12.